The molecule has 0 N–H and O–H groups in total. The van der Waals surface area contributed by atoms with Crippen LogP contribution in [0.4, 0.5) is 5.69 Å². The predicted octanol–water partition coefficient (Wildman–Crippen LogP) is 3.70. The van der Waals surface area contributed by atoms with Gasteiger partial charge in [-0.2, -0.15) is 0 Å². The van der Waals surface area contributed by atoms with Crippen molar-refractivity contribution in [3.8, 4) is 5.75 Å². The SMILES string of the molecule is CCOc1ccc(N(Cc2ccc(Cl)cc2)S(C)(=O)=O)cc1. The smallest absolute Gasteiger partial charge is 0.232 e. The number of sulfonamides is 1. The minimum Gasteiger partial charge on any atom is -0.494 e. The van der Waals surface area contributed by atoms with Gasteiger partial charge in [0.05, 0.1) is 25.1 Å². The minimum atomic E-state index is -3.39. The second kappa shape index (κ2) is 7.03. The van der Waals surface area contributed by atoms with E-state index < -0.39 is 10.0 Å². The number of ether oxygens (including phenoxy) is 1. The van der Waals surface area contributed by atoms with Crippen LogP contribution in [0.2, 0.25) is 5.02 Å². The van der Waals surface area contributed by atoms with Gasteiger partial charge in [-0.25, -0.2) is 8.42 Å². The summed E-state index contributed by atoms with van der Waals surface area (Å²) < 4.78 is 30.9. The molecule has 0 saturated carbocycles. The highest BCUT2D eigenvalue weighted by atomic mass is 35.5. The number of benzene rings is 2. The van der Waals surface area contributed by atoms with Crippen LogP contribution in [0.5, 0.6) is 5.75 Å². The fourth-order valence-corrected chi connectivity index (χ4v) is 3.05. The minimum absolute atomic E-state index is 0.254. The highest BCUT2D eigenvalue weighted by molar-refractivity contribution is 7.92. The quantitative estimate of drug-likeness (QED) is 0.806. The van der Waals surface area contributed by atoms with Crippen LogP contribution in [0.25, 0.3) is 0 Å². The fraction of sp³-hybridized carbons (Fsp3) is 0.250. The highest BCUT2D eigenvalue weighted by Gasteiger charge is 2.17. The molecular formula is C16H18ClNO3S. The van der Waals surface area contributed by atoms with Crippen LogP contribution in [-0.2, 0) is 16.6 Å². The van der Waals surface area contributed by atoms with Gasteiger partial charge in [0, 0.05) is 5.02 Å². The van der Waals surface area contributed by atoms with E-state index in [1.54, 1.807) is 36.4 Å². The summed E-state index contributed by atoms with van der Waals surface area (Å²) in [6.45, 7) is 2.72. The van der Waals surface area contributed by atoms with Crippen molar-refractivity contribution >= 4 is 27.3 Å². The molecule has 2 aromatic carbocycles. The van der Waals surface area contributed by atoms with E-state index in [1.165, 1.54) is 10.6 Å². The zero-order chi connectivity index (χ0) is 16.2. The molecule has 0 spiro atoms. The molecule has 0 unspecified atom stereocenters. The van der Waals surface area contributed by atoms with Crippen molar-refractivity contribution < 1.29 is 13.2 Å². The Labute approximate surface area is 136 Å². The summed E-state index contributed by atoms with van der Waals surface area (Å²) in [5, 5.41) is 0.621. The molecule has 0 aliphatic rings. The average Bonchev–Trinajstić information content (AvgIpc) is 2.47. The number of rotatable bonds is 6. The van der Waals surface area contributed by atoms with Crippen molar-refractivity contribution in [1.82, 2.24) is 0 Å². The molecule has 0 atom stereocenters. The van der Waals surface area contributed by atoms with Crippen LogP contribution in [0.15, 0.2) is 48.5 Å². The molecule has 0 bridgehead atoms. The van der Waals surface area contributed by atoms with Gasteiger partial charge in [0.15, 0.2) is 0 Å². The maximum atomic E-state index is 12.1. The lowest BCUT2D eigenvalue weighted by atomic mass is 10.2. The molecule has 0 amide bonds. The summed E-state index contributed by atoms with van der Waals surface area (Å²) in [4.78, 5) is 0. The maximum absolute atomic E-state index is 12.1. The summed E-state index contributed by atoms with van der Waals surface area (Å²) >= 11 is 5.86. The van der Waals surface area contributed by atoms with E-state index in [1.807, 2.05) is 19.1 Å². The number of hydrogen-bond donors (Lipinski definition) is 0. The summed E-state index contributed by atoms with van der Waals surface area (Å²) in [6.07, 6.45) is 1.19. The molecule has 0 radical (unpaired) electrons. The first-order valence-corrected chi connectivity index (χ1v) is 9.08. The van der Waals surface area contributed by atoms with E-state index >= 15 is 0 Å². The van der Waals surface area contributed by atoms with Crippen LogP contribution in [-0.4, -0.2) is 21.3 Å². The van der Waals surface area contributed by atoms with Crippen molar-refractivity contribution in [2.45, 2.75) is 13.5 Å². The molecule has 0 aliphatic carbocycles. The molecular weight excluding hydrogens is 322 g/mol. The van der Waals surface area contributed by atoms with E-state index in [4.69, 9.17) is 16.3 Å². The van der Waals surface area contributed by atoms with Crippen LogP contribution < -0.4 is 9.04 Å². The molecule has 0 aromatic heterocycles. The largest absolute Gasteiger partial charge is 0.494 e. The lowest BCUT2D eigenvalue weighted by Gasteiger charge is -2.22. The van der Waals surface area contributed by atoms with E-state index in [0.29, 0.717) is 23.1 Å². The summed E-state index contributed by atoms with van der Waals surface area (Å²) in [5.41, 5.74) is 1.46. The van der Waals surface area contributed by atoms with Crippen molar-refractivity contribution in [2.24, 2.45) is 0 Å². The number of nitrogens with zero attached hydrogens (tertiary/aromatic N) is 1. The van der Waals surface area contributed by atoms with Crippen LogP contribution in [0, 0.1) is 0 Å². The Bertz CT molecular complexity index is 712. The fourth-order valence-electron chi connectivity index (χ4n) is 2.03. The van der Waals surface area contributed by atoms with Gasteiger partial charge >= 0.3 is 0 Å². The van der Waals surface area contributed by atoms with Gasteiger partial charge in [0.1, 0.15) is 5.75 Å². The lowest BCUT2D eigenvalue weighted by molar-refractivity contribution is 0.340. The third-order valence-electron chi connectivity index (χ3n) is 3.08. The van der Waals surface area contributed by atoms with Crippen molar-refractivity contribution in [3.63, 3.8) is 0 Å². The van der Waals surface area contributed by atoms with Crippen molar-refractivity contribution in [3.05, 3.63) is 59.1 Å². The number of hydrogen-bond acceptors (Lipinski definition) is 3. The number of anilines is 1. The second-order valence-electron chi connectivity index (χ2n) is 4.82. The van der Waals surface area contributed by atoms with Gasteiger partial charge in [-0.05, 0) is 48.9 Å². The van der Waals surface area contributed by atoms with E-state index in [0.717, 1.165) is 5.56 Å². The third-order valence-corrected chi connectivity index (χ3v) is 4.47. The van der Waals surface area contributed by atoms with E-state index in [2.05, 4.69) is 0 Å². The average molecular weight is 340 g/mol. The Balaban J connectivity index is 2.28. The Hall–Kier alpha value is -1.72. The normalized spacial score (nSPS) is 11.2. The standard InChI is InChI=1S/C16H18ClNO3S/c1-3-21-16-10-8-15(9-11-16)18(22(2,19)20)12-13-4-6-14(17)7-5-13/h4-11H,3,12H2,1-2H3. The zero-order valence-corrected chi connectivity index (χ0v) is 14.1. The molecule has 0 heterocycles. The van der Waals surface area contributed by atoms with Crippen LogP contribution >= 0.6 is 11.6 Å². The van der Waals surface area contributed by atoms with Gasteiger partial charge in [0.25, 0.3) is 0 Å². The van der Waals surface area contributed by atoms with Crippen molar-refractivity contribution in [1.29, 1.82) is 0 Å². The molecule has 118 valence electrons. The molecule has 4 nitrogen and oxygen atoms in total. The monoisotopic (exact) mass is 339 g/mol. The molecule has 2 rings (SSSR count). The first-order valence-electron chi connectivity index (χ1n) is 6.85. The van der Waals surface area contributed by atoms with Crippen molar-refractivity contribution in [2.75, 3.05) is 17.2 Å². The predicted molar refractivity (Wildman–Crippen MR) is 90.1 cm³/mol. The number of halogens is 1. The molecule has 0 fully saturated rings. The summed E-state index contributed by atoms with van der Waals surface area (Å²) in [6, 6.07) is 14.1. The van der Waals surface area contributed by atoms with Crippen LogP contribution in [0.3, 0.4) is 0 Å². The lowest BCUT2D eigenvalue weighted by Crippen LogP contribution is -2.29. The summed E-state index contributed by atoms with van der Waals surface area (Å²) in [5.74, 6) is 0.714. The first kappa shape index (κ1) is 16.6. The summed E-state index contributed by atoms with van der Waals surface area (Å²) in [7, 11) is -3.39. The third kappa shape index (κ3) is 4.39. The maximum Gasteiger partial charge on any atom is 0.232 e. The Morgan fingerprint density at radius 1 is 1.05 bits per heavy atom. The van der Waals surface area contributed by atoms with Gasteiger partial charge in [-0.1, -0.05) is 23.7 Å². The highest BCUT2D eigenvalue weighted by Crippen LogP contribution is 2.24. The van der Waals surface area contributed by atoms with Gasteiger partial charge in [0.2, 0.25) is 10.0 Å². The van der Waals surface area contributed by atoms with Crippen LogP contribution in [0.1, 0.15) is 12.5 Å². The molecule has 0 saturated heterocycles. The molecule has 22 heavy (non-hydrogen) atoms. The Kier molecular flexibility index (Phi) is 5.32. The van der Waals surface area contributed by atoms with Gasteiger partial charge < -0.3 is 4.74 Å². The topological polar surface area (TPSA) is 46.6 Å². The van der Waals surface area contributed by atoms with E-state index in [9.17, 15) is 8.42 Å². The molecule has 0 aliphatic heterocycles. The Morgan fingerprint density at radius 2 is 1.64 bits per heavy atom. The zero-order valence-electron chi connectivity index (χ0n) is 12.5. The molecule has 2 aromatic rings. The molecule has 6 heteroatoms. The second-order valence-corrected chi connectivity index (χ2v) is 7.17. The van der Waals surface area contributed by atoms with Gasteiger partial charge in [-0.3, -0.25) is 4.31 Å². The first-order chi connectivity index (χ1) is 10.4. The van der Waals surface area contributed by atoms with Gasteiger partial charge in [-0.15, -0.1) is 0 Å². The Morgan fingerprint density at radius 3 is 2.14 bits per heavy atom. The van der Waals surface area contributed by atoms with E-state index in [-0.39, 0.29) is 6.54 Å².